The van der Waals surface area contributed by atoms with Crippen molar-refractivity contribution in [3.8, 4) is 0 Å². The molecule has 108 valence electrons. The summed E-state index contributed by atoms with van der Waals surface area (Å²) in [6.07, 6.45) is 0.616. The highest BCUT2D eigenvalue weighted by Crippen LogP contribution is 2.30. The zero-order valence-electron chi connectivity index (χ0n) is 11.6. The van der Waals surface area contributed by atoms with Crippen LogP contribution in [-0.2, 0) is 6.42 Å². The van der Waals surface area contributed by atoms with Crippen LogP contribution in [0.2, 0.25) is 0 Å². The second kappa shape index (κ2) is 5.92. The Kier molecular flexibility index (Phi) is 3.99. The third-order valence-electron chi connectivity index (χ3n) is 3.66. The molecule has 1 N–H and O–H groups in total. The molecule has 0 aliphatic rings. The van der Waals surface area contributed by atoms with Crippen LogP contribution < -0.4 is 5.32 Å². The van der Waals surface area contributed by atoms with Crippen molar-refractivity contribution in [2.45, 2.75) is 12.5 Å². The van der Waals surface area contributed by atoms with Crippen LogP contribution in [0.1, 0.15) is 17.2 Å². The summed E-state index contributed by atoms with van der Waals surface area (Å²) < 4.78 is 27.6. The van der Waals surface area contributed by atoms with Crippen molar-refractivity contribution < 1.29 is 8.78 Å². The Hall–Kier alpha value is -1.78. The lowest BCUT2D eigenvalue weighted by Crippen LogP contribution is -2.19. The van der Waals surface area contributed by atoms with Gasteiger partial charge in [-0.2, -0.15) is 0 Å². The van der Waals surface area contributed by atoms with E-state index in [4.69, 9.17) is 0 Å². The maximum absolute atomic E-state index is 13.3. The SMILES string of the molecule is CNC(Cc1ccc(F)c(F)c1)c1cccc2ccsc12. The lowest BCUT2D eigenvalue weighted by Gasteiger charge is -2.18. The number of halogens is 2. The number of rotatable bonds is 4. The minimum absolute atomic E-state index is 0.0669. The van der Waals surface area contributed by atoms with E-state index >= 15 is 0 Å². The van der Waals surface area contributed by atoms with Crippen LogP contribution in [0.5, 0.6) is 0 Å². The molecular formula is C17H15F2NS. The van der Waals surface area contributed by atoms with Crippen molar-refractivity contribution in [2.75, 3.05) is 7.05 Å². The molecule has 1 atom stereocenters. The molecule has 21 heavy (non-hydrogen) atoms. The smallest absolute Gasteiger partial charge is 0.159 e. The zero-order chi connectivity index (χ0) is 14.8. The van der Waals surface area contributed by atoms with Crippen molar-refractivity contribution in [1.29, 1.82) is 0 Å². The minimum atomic E-state index is -0.805. The summed E-state index contributed by atoms with van der Waals surface area (Å²) in [5.41, 5.74) is 1.97. The molecule has 1 unspecified atom stereocenters. The average molecular weight is 303 g/mol. The van der Waals surface area contributed by atoms with Gasteiger partial charge in [0.2, 0.25) is 0 Å². The van der Waals surface area contributed by atoms with Crippen LogP contribution in [0.25, 0.3) is 10.1 Å². The van der Waals surface area contributed by atoms with E-state index in [2.05, 4.69) is 28.9 Å². The standard InChI is InChI=1S/C17H15F2NS/c1-20-16(10-11-5-6-14(18)15(19)9-11)13-4-2-3-12-7-8-21-17(12)13/h2-9,16,20H,10H2,1H3. The van der Waals surface area contributed by atoms with Crippen LogP contribution in [-0.4, -0.2) is 7.05 Å². The Morgan fingerprint density at radius 2 is 1.95 bits per heavy atom. The lowest BCUT2D eigenvalue weighted by molar-refractivity contribution is 0.504. The van der Waals surface area contributed by atoms with Gasteiger partial charge in [0.25, 0.3) is 0 Å². The van der Waals surface area contributed by atoms with E-state index in [9.17, 15) is 8.78 Å². The Bertz CT molecular complexity index is 766. The first-order chi connectivity index (χ1) is 10.2. The molecule has 4 heteroatoms. The molecule has 0 saturated carbocycles. The molecule has 3 aromatic rings. The molecule has 0 bridgehead atoms. The van der Waals surface area contributed by atoms with Crippen LogP contribution >= 0.6 is 11.3 Å². The molecule has 1 aromatic heterocycles. The van der Waals surface area contributed by atoms with Gasteiger partial charge in [-0.25, -0.2) is 8.78 Å². The summed E-state index contributed by atoms with van der Waals surface area (Å²) in [5, 5.41) is 6.55. The van der Waals surface area contributed by atoms with Gasteiger partial charge in [-0.1, -0.05) is 24.3 Å². The molecule has 1 heterocycles. The van der Waals surface area contributed by atoms with Crippen molar-refractivity contribution in [3.05, 3.63) is 70.6 Å². The Morgan fingerprint density at radius 1 is 1.10 bits per heavy atom. The molecule has 0 aliphatic carbocycles. The van der Waals surface area contributed by atoms with Gasteiger partial charge in [0.15, 0.2) is 11.6 Å². The molecule has 2 aromatic carbocycles. The highest BCUT2D eigenvalue weighted by atomic mass is 32.1. The first-order valence-corrected chi connectivity index (χ1v) is 7.64. The Balaban J connectivity index is 1.94. The van der Waals surface area contributed by atoms with E-state index < -0.39 is 11.6 Å². The molecule has 3 rings (SSSR count). The number of nitrogens with one attached hydrogen (secondary N) is 1. The maximum Gasteiger partial charge on any atom is 0.159 e. The van der Waals surface area contributed by atoms with E-state index in [0.717, 1.165) is 5.56 Å². The van der Waals surface area contributed by atoms with Gasteiger partial charge in [-0.15, -0.1) is 11.3 Å². The zero-order valence-corrected chi connectivity index (χ0v) is 12.4. The summed E-state index contributed by atoms with van der Waals surface area (Å²) in [7, 11) is 1.89. The third-order valence-corrected chi connectivity index (χ3v) is 4.64. The van der Waals surface area contributed by atoms with Gasteiger partial charge in [0, 0.05) is 10.7 Å². The number of hydrogen-bond donors (Lipinski definition) is 1. The predicted molar refractivity (Wildman–Crippen MR) is 83.7 cm³/mol. The molecule has 0 saturated heterocycles. The predicted octanol–water partition coefficient (Wildman–Crippen LogP) is 4.68. The molecule has 1 nitrogen and oxygen atoms in total. The van der Waals surface area contributed by atoms with Crippen LogP contribution in [0.4, 0.5) is 8.78 Å². The van der Waals surface area contributed by atoms with Gasteiger partial charge >= 0.3 is 0 Å². The van der Waals surface area contributed by atoms with Crippen LogP contribution in [0.3, 0.4) is 0 Å². The number of fused-ring (bicyclic) bond motifs is 1. The number of thiophene rings is 1. The van der Waals surface area contributed by atoms with Gasteiger partial charge in [0.05, 0.1) is 0 Å². The van der Waals surface area contributed by atoms with Gasteiger partial charge in [-0.05, 0) is 53.6 Å². The summed E-state index contributed by atoms with van der Waals surface area (Å²) in [6.45, 7) is 0. The molecule has 0 radical (unpaired) electrons. The van der Waals surface area contributed by atoms with E-state index in [1.165, 1.54) is 27.8 Å². The Morgan fingerprint density at radius 3 is 2.71 bits per heavy atom. The maximum atomic E-state index is 13.3. The summed E-state index contributed by atoms with van der Waals surface area (Å²) >= 11 is 1.70. The van der Waals surface area contributed by atoms with E-state index in [-0.39, 0.29) is 6.04 Å². The third kappa shape index (κ3) is 2.82. The number of benzene rings is 2. The second-order valence-electron chi connectivity index (χ2n) is 4.98. The number of likely N-dealkylation sites (N-methyl/N-ethyl adjacent to an activating group) is 1. The number of hydrogen-bond acceptors (Lipinski definition) is 2. The highest BCUT2D eigenvalue weighted by molar-refractivity contribution is 7.17. The van der Waals surface area contributed by atoms with E-state index in [1.807, 2.05) is 13.1 Å². The Labute approximate surface area is 126 Å². The fraction of sp³-hybridized carbons (Fsp3) is 0.176. The van der Waals surface area contributed by atoms with Gasteiger partial charge in [-0.3, -0.25) is 0 Å². The monoisotopic (exact) mass is 303 g/mol. The highest BCUT2D eigenvalue weighted by Gasteiger charge is 2.15. The minimum Gasteiger partial charge on any atom is -0.313 e. The van der Waals surface area contributed by atoms with Crippen molar-refractivity contribution >= 4 is 21.4 Å². The molecule has 0 amide bonds. The topological polar surface area (TPSA) is 12.0 Å². The van der Waals surface area contributed by atoms with E-state index in [0.29, 0.717) is 6.42 Å². The summed E-state index contributed by atoms with van der Waals surface area (Å²) in [4.78, 5) is 0. The average Bonchev–Trinajstić information content (AvgIpc) is 2.97. The molecule has 0 fully saturated rings. The van der Waals surface area contributed by atoms with Crippen molar-refractivity contribution in [3.63, 3.8) is 0 Å². The van der Waals surface area contributed by atoms with Gasteiger partial charge < -0.3 is 5.32 Å². The second-order valence-corrected chi connectivity index (χ2v) is 5.90. The quantitative estimate of drug-likeness (QED) is 0.738. The van der Waals surface area contributed by atoms with Gasteiger partial charge in [0.1, 0.15) is 0 Å². The largest absolute Gasteiger partial charge is 0.313 e. The molecular weight excluding hydrogens is 288 g/mol. The van der Waals surface area contributed by atoms with E-state index in [1.54, 1.807) is 17.4 Å². The fourth-order valence-electron chi connectivity index (χ4n) is 2.56. The molecule has 0 aliphatic heterocycles. The first-order valence-electron chi connectivity index (χ1n) is 6.76. The van der Waals surface area contributed by atoms with Crippen molar-refractivity contribution in [1.82, 2.24) is 5.32 Å². The van der Waals surface area contributed by atoms with Crippen LogP contribution in [0.15, 0.2) is 47.8 Å². The van der Waals surface area contributed by atoms with Crippen LogP contribution in [0, 0.1) is 11.6 Å². The molecule has 0 spiro atoms. The summed E-state index contributed by atoms with van der Waals surface area (Å²) in [5.74, 6) is -1.60. The first kappa shape index (κ1) is 14.2. The lowest BCUT2D eigenvalue weighted by atomic mass is 9.98. The normalized spacial score (nSPS) is 12.7. The van der Waals surface area contributed by atoms with Crippen molar-refractivity contribution in [2.24, 2.45) is 0 Å². The summed E-state index contributed by atoms with van der Waals surface area (Å²) in [6, 6.07) is 12.4. The fourth-order valence-corrected chi connectivity index (χ4v) is 3.53.